The molecule has 3 rings (SSSR count). The summed E-state index contributed by atoms with van der Waals surface area (Å²) in [5.41, 5.74) is 1.63. The third kappa shape index (κ3) is 2.81. The molecule has 2 heterocycles. The highest BCUT2D eigenvalue weighted by Crippen LogP contribution is 2.32. The zero-order valence-electron chi connectivity index (χ0n) is 13.0. The van der Waals surface area contributed by atoms with Crippen molar-refractivity contribution >= 4 is 11.8 Å². The molecule has 0 bridgehead atoms. The minimum absolute atomic E-state index is 0.106. The standard InChI is InChI=1S/C16H14FN5O2/c1-18-14-6-9(5-13(20-14)16(23)24)11-4-3-10(17)7-12(11)15-21-19-8-22(15)2/h3-8H,1-2H3,(H,18,20)(H,23,24). The zero-order chi connectivity index (χ0) is 17.3. The Kier molecular flexibility index (Phi) is 3.95. The van der Waals surface area contributed by atoms with Crippen LogP contribution in [0.25, 0.3) is 22.5 Å². The Labute approximate surface area is 136 Å². The average Bonchev–Trinajstić information content (AvgIpc) is 3.00. The SMILES string of the molecule is CNc1cc(-c2ccc(F)cc2-c2nncn2C)cc(C(=O)O)n1. The van der Waals surface area contributed by atoms with Crippen molar-refractivity contribution < 1.29 is 14.3 Å². The summed E-state index contributed by atoms with van der Waals surface area (Å²) in [5, 5.41) is 19.9. The third-order valence-electron chi connectivity index (χ3n) is 3.55. The van der Waals surface area contributed by atoms with Crippen molar-refractivity contribution in [3.05, 3.63) is 48.2 Å². The number of halogens is 1. The van der Waals surface area contributed by atoms with Gasteiger partial charge in [-0.15, -0.1) is 10.2 Å². The van der Waals surface area contributed by atoms with E-state index < -0.39 is 11.8 Å². The van der Waals surface area contributed by atoms with Crippen LogP contribution in [0, 0.1) is 5.82 Å². The van der Waals surface area contributed by atoms with E-state index in [1.54, 1.807) is 30.8 Å². The molecule has 0 fully saturated rings. The summed E-state index contributed by atoms with van der Waals surface area (Å²) in [7, 11) is 3.39. The molecule has 0 saturated carbocycles. The molecular formula is C16H14FN5O2. The highest BCUT2D eigenvalue weighted by Gasteiger charge is 2.16. The molecule has 7 nitrogen and oxygen atoms in total. The number of anilines is 1. The Hall–Kier alpha value is -3.29. The first-order valence-electron chi connectivity index (χ1n) is 7.07. The fourth-order valence-corrected chi connectivity index (χ4v) is 2.40. The Morgan fingerprint density at radius 1 is 1.25 bits per heavy atom. The van der Waals surface area contributed by atoms with E-state index in [4.69, 9.17) is 0 Å². The number of nitrogens with one attached hydrogen (secondary N) is 1. The molecule has 0 unspecified atom stereocenters. The summed E-state index contributed by atoms with van der Waals surface area (Å²) < 4.78 is 15.4. The smallest absolute Gasteiger partial charge is 0.354 e. The van der Waals surface area contributed by atoms with E-state index in [0.29, 0.717) is 28.3 Å². The maximum Gasteiger partial charge on any atom is 0.354 e. The Morgan fingerprint density at radius 3 is 2.67 bits per heavy atom. The van der Waals surface area contributed by atoms with E-state index in [1.165, 1.54) is 24.5 Å². The molecule has 0 atom stereocenters. The molecule has 0 radical (unpaired) electrons. The number of pyridine rings is 1. The molecule has 2 N–H and O–H groups in total. The second-order valence-corrected chi connectivity index (χ2v) is 5.14. The van der Waals surface area contributed by atoms with Gasteiger partial charge in [-0.3, -0.25) is 0 Å². The quantitative estimate of drug-likeness (QED) is 0.764. The first kappa shape index (κ1) is 15.6. The van der Waals surface area contributed by atoms with Crippen LogP contribution in [0.2, 0.25) is 0 Å². The number of hydrogen-bond donors (Lipinski definition) is 2. The molecule has 8 heteroatoms. The number of carboxylic acid groups (broad SMARTS) is 1. The highest BCUT2D eigenvalue weighted by atomic mass is 19.1. The van der Waals surface area contributed by atoms with Crippen LogP contribution in [0.15, 0.2) is 36.7 Å². The molecule has 0 aliphatic carbocycles. The summed E-state index contributed by atoms with van der Waals surface area (Å²) in [4.78, 5) is 15.3. The maximum atomic E-state index is 13.8. The summed E-state index contributed by atoms with van der Waals surface area (Å²) in [5.74, 6) is -0.684. The molecule has 0 aliphatic heterocycles. The average molecular weight is 327 g/mol. The number of carboxylic acids is 1. The van der Waals surface area contributed by atoms with Crippen molar-refractivity contribution in [1.29, 1.82) is 0 Å². The van der Waals surface area contributed by atoms with Crippen molar-refractivity contribution in [3.63, 3.8) is 0 Å². The molecule has 0 aliphatic rings. The fourth-order valence-electron chi connectivity index (χ4n) is 2.40. The topological polar surface area (TPSA) is 92.9 Å². The van der Waals surface area contributed by atoms with Crippen LogP contribution >= 0.6 is 0 Å². The third-order valence-corrected chi connectivity index (χ3v) is 3.55. The Morgan fingerprint density at radius 2 is 2.04 bits per heavy atom. The van der Waals surface area contributed by atoms with Crippen molar-refractivity contribution in [2.75, 3.05) is 12.4 Å². The zero-order valence-corrected chi connectivity index (χ0v) is 13.0. The largest absolute Gasteiger partial charge is 0.477 e. The van der Waals surface area contributed by atoms with E-state index >= 15 is 0 Å². The van der Waals surface area contributed by atoms with E-state index in [1.807, 2.05) is 0 Å². The minimum Gasteiger partial charge on any atom is -0.477 e. The fraction of sp³-hybridized carbons (Fsp3) is 0.125. The van der Waals surface area contributed by atoms with Gasteiger partial charge in [0.05, 0.1) is 0 Å². The number of nitrogens with zero attached hydrogens (tertiary/aromatic N) is 4. The molecule has 0 saturated heterocycles. The molecular weight excluding hydrogens is 313 g/mol. The van der Waals surface area contributed by atoms with Gasteiger partial charge in [0.1, 0.15) is 18.0 Å². The van der Waals surface area contributed by atoms with Gasteiger partial charge in [-0.1, -0.05) is 6.07 Å². The van der Waals surface area contributed by atoms with E-state index in [2.05, 4.69) is 20.5 Å². The molecule has 0 spiro atoms. The van der Waals surface area contributed by atoms with Gasteiger partial charge >= 0.3 is 5.97 Å². The van der Waals surface area contributed by atoms with Crippen molar-refractivity contribution in [2.45, 2.75) is 0 Å². The van der Waals surface area contributed by atoms with Gasteiger partial charge in [0.15, 0.2) is 11.5 Å². The van der Waals surface area contributed by atoms with E-state index in [9.17, 15) is 14.3 Å². The maximum absolute atomic E-state index is 13.8. The van der Waals surface area contributed by atoms with Crippen LogP contribution in [0.5, 0.6) is 0 Å². The van der Waals surface area contributed by atoms with Crippen LogP contribution < -0.4 is 5.32 Å². The molecule has 0 amide bonds. The van der Waals surface area contributed by atoms with Gasteiger partial charge in [0.2, 0.25) is 0 Å². The second-order valence-electron chi connectivity index (χ2n) is 5.14. The number of aromatic carboxylic acids is 1. The van der Waals surface area contributed by atoms with Gasteiger partial charge < -0.3 is 15.0 Å². The Bertz CT molecular complexity index is 923. The van der Waals surface area contributed by atoms with Crippen LogP contribution in [-0.4, -0.2) is 37.9 Å². The number of carbonyl (C=O) groups is 1. The number of rotatable bonds is 4. The second kappa shape index (κ2) is 6.07. The normalized spacial score (nSPS) is 10.6. The van der Waals surface area contributed by atoms with Crippen LogP contribution in [0.4, 0.5) is 10.2 Å². The highest BCUT2D eigenvalue weighted by molar-refractivity contribution is 5.90. The van der Waals surface area contributed by atoms with Crippen molar-refractivity contribution in [3.8, 4) is 22.5 Å². The number of aromatic nitrogens is 4. The first-order chi connectivity index (χ1) is 11.5. The molecule has 24 heavy (non-hydrogen) atoms. The van der Waals surface area contributed by atoms with Crippen molar-refractivity contribution in [1.82, 2.24) is 19.7 Å². The lowest BCUT2D eigenvalue weighted by Gasteiger charge is -2.11. The van der Waals surface area contributed by atoms with E-state index in [-0.39, 0.29) is 5.69 Å². The Balaban J connectivity index is 2.25. The summed E-state index contributed by atoms with van der Waals surface area (Å²) in [6, 6.07) is 7.38. The first-order valence-corrected chi connectivity index (χ1v) is 7.07. The van der Waals surface area contributed by atoms with Gasteiger partial charge in [0, 0.05) is 19.7 Å². The molecule has 2 aromatic heterocycles. The van der Waals surface area contributed by atoms with Crippen LogP contribution in [0.3, 0.4) is 0 Å². The van der Waals surface area contributed by atoms with Gasteiger partial charge in [-0.2, -0.15) is 0 Å². The van der Waals surface area contributed by atoms with Gasteiger partial charge in [-0.25, -0.2) is 14.2 Å². The number of aryl methyl sites for hydroxylation is 1. The lowest BCUT2D eigenvalue weighted by atomic mass is 9.98. The molecule has 122 valence electrons. The van der Waals surface area contributed by atoms with Gasteiger partial charge in [0.25, 0.3) is 0 Å². The summed E-state index contributed by atoms with van der Waals surface area (Å²) in [6.07, 6.45) is 1.51. The predicted octanol–water partition coefficient (Wildman–Crippen LogP) is 2.42. The summed E-state index contributed by atoms with van der Waals surface area (Å²) >= 11 is 0. The lowest BCUT2D eigenvalue weighted by Crippen LogP contribution is -2.04. The number of hydrogen-bond acceptors (Lipinski definition) is 5. The molecule has 3 aromatic rings. The van der Waals surface area contributed by atoms with Crippen LogP contribution in [0.1, 0.15) is 10.5 Å². The number of benzene rings is 1. The van der Waals surface area contributed by atoms with Crippen molar-refractivity contribution in [2.24, 2.45) is 7.05 Å². The minimum atomic E-state index is -1.14. The lowest BCUT2D eigenvalue weighted by molar-refractivity contribution is 0.0690. The van der Waals surface area contributed by atoms with E-state index in [0.717, 1.165) is 0 Å². The predicted molar refractivity (Wildman–Crippen MR) is 86.1 cm³/mol. The molecule has 1 aromatic carbocycles. The van der Waals surface area contributed by atoms with Crippen LogP contribution in [-0.2, 0) is 7.05 Å². The van der Waals surface area contributed by atoms with Gasteiger partial charge in [-0.05, 0) is 35.4 Å². The monoisotopic (exact) mass is 327 g/mol. The summed E-state index contributed by atoms with van der Waals surface area (Å²) in [6.45, 7) is 0.